The van der Waals surface area contributed by atoms with E-state index in [9.17, 15) is 8.42 Å². The van der Waals surface area contributed by atoms with Gasteiger partial charge < -0.3 is 9.15 Å². The molecule has 1 atom stereocenters. The minimum absolute atomic E-state index is 0.248. The third-order valence-electron chi connectivity index (χ3n) is 3.78. The van der Waals surface area contributed by atoms with E-state index in [2.05, 4.69) is 14.9 Å². The van der Waals surface area contributed by atoms with Crippen molar-refractivity contribution in [2.24, 2.45) is 5.92 Å². The largest absolute Gasteiger partial charge is 0.497 e. The molecule has 0 radical (unpaired) electrons. The van der Waals surface area contributed by atoms with Gasteiger partial charge in [-0.3, -0.25) is 0 Å². The van der Waals surface area contributed by atoms with Crippen molar-refractivity contribution in [2.45, 2.75) is 52.0 Å². The molecule has 0 fully saturated rings. The fourth-order valence-electron chi connectivity index (χ4n) is 2.82. The number of rotatable bonds is 7. The molecule has 138 valence electrons. The van der Waals surface area contributed by atoms with E-state index >= 15 is 0 Å². The third kappa shape index (κ3) is 4.58. The Labute approximate surface area is 148 Å². The van der Waals surface area contributed by atoms with Crippen molar-refractivity contribution in [1.29, 1.82) is 0 Å². The first-order chi connectivity index (χ1) is 11.6. The van der Waals surface area contributed by atoms with Gasteiger partial charge >= 0.3 is 0 Å². The number of nitrogens with one attached hydrogen (secondary N) is 1. The van der Waals surface area contributed by atoms with Gasteiger partial charge in [0.25, 0.3) is 0 Å². The zero-order valence-corrected chi connectivity index (χ0v) is 16.3. The maximum Gasteiger partial charge on any atom is 0.241 e. The van der Waals surface area contributed by atoms with Gasteiger partial charge in [0.05, 0.1) is 12.0 Å². The normalized spacial score (nSPS) is 13.2. The summed E-state index contributed by atoms with van der Waals surface area (Å²) in [4.78, 5) is 0.248. The van der Waals surface area contributed by atoms with E-state index in [0.717, 1.165) is 0 Å². The highest BCUT2D eigenvalue weighted by Gasteiger charge is 2.28. The lowest BCUT2D eigenvalue weighted by atomic mass is 10.0. The Hall–Kier alpha value is -1.93. The first kappa shape index (κ1) is 19.4. The molecule has 0 aliphatic carbocycles. The average molecular weight is 367 g/mol. The molecule has 0 saturated heterocycles. The SMILES string of the molecule is COc1cc(C)c(S(=O)(=O)NC(CC(C)C)c2nnc(C)o2)c(C)c1. The summed E-state index contributed by atoms with van der Waals surface area (Å²) in [5.74, 6) is 1.55. The second kappa shape index (κ2) is 7.53. The van der Waals surface area contributed by atoms with Crippen molar-refractivity contribution in [3.8, 4) is 5.75 Å². The van der Waals surface area contributed by atoms with Gasteiger partial charge in [0, 0.05) is 6.92 Å². The number of aryl methyl sites for hydroxylation is 3. The summed E-state index contributed by atoms with van der Waals surface area (Å²) in [5, 5.41) is 7.79. The van der Waals surface area contributed by atoms with Gasteiger partial charge in [0.1, 0.15) is 11.8 Å². The topological polar surface area (TPSA) is 94.3 Å². The van der Waals surface area contributed by atoms with E-state index in [-0.39, 0.29) is 16.7 Å². The van der Waals surface area contributed by atoms with Gasteiger partial charge in [-0.25, -0.2) is 8.42 Å². The van der Waals surface area contributed by atoms with E-state index in [0.29, 0.717) is 29.2 Å². The van der Waals surface area contributed by atoms with Gasteiger partial charge in [-0.05, 0) is 49.4 Å². The van der Waals surface area contributed by atoms with Crippen LogP contribution in [0.1, 0.15) is 49.2 Å². The van der Waals surface area contributed by atoms with Gasteiger partial charge in [-0.15, -0.1) is 10.2 Å². The molecule has 7 nitrogen and oxygen atoms in total. The highest BCUT2D eigenvalue weighted by atomic mass is 32.2. The Kier molecular flexibility index (Phi) is 5.84. The zero-order chi connectivity index (χ0) is 18.8. The molecular formula is C17H25N3O4S. The average Bonchev–Trinajstić information content (AvgIpc) is 2.91. The van der Waals surface area contributed by atoms with Crippen LogP contribution in [0.2, 0.25) is 0 Å². The molecule has 0 bridgehead atoms. The van der Waals surface area contributed by atoms with Crippen molar-refractivity contribution < 1.29 is 17.6 Å². The number of methoxy groups -OCH3 is 1. The maximum absolute atomic E-state index is 13.0. The Bertz CT molecular complexity index is 820. The molecule has 2 aromatic rings. The van der Waals surface area contributed by atoms with E-state index in [4.69, 9.17) is 9.15 Å². The Morgan fingerprint density at radius 2 is 1.76 bits per heavy atom. The number of nitrogens with zero attached hydrogens (tertiary/aromatic N) is 2. The summed E-state index contributed by atoms with van der Waals surface area (Å²) in [5.41, 5.74) is 1.24. The van der Waals surface area contributed by atoms with Crippen LogP contribution in [0, 0.1) is 26.7 Å². The lowest BCUT2D eigenvalue weighted by Crippen LogP contribution is -2.31. The Morgan fingerprint density at radius 3 is 2.20 bits per heavy atom. The quantitative estimate of drug-likeness (QED) is 0.808. The molecule has 1 aromatic heterocycles. The number of hydrogen-bond acceptors (Lipinski definition) is 6. The lowest BCUT2D eigenvalue weighted by molar-refractivity contribution is 0.372. The van der Waals surface area contributed by atoms with Crippen LogP contribution in [-0.4, -0.2) is 25.7 Å². The summed E-state index contributed by atoms with van der Waals surface area (Å²) >= 11 is 0. The first-order valence-electron chi connectivity index (χ1n) is 8.11. The molecule has 1 N–H and O–H groups in total. The second-order valence-electron chi connectivity index (χ2n) is 6.55. The number of aromatic nitrogens is 2. The van der Waals surface area contributed by atoms with Crippen LogP contribution in [0.5, 0.6) is 5.75 Å². The Morgan fingerprint density at radius 1 is 1.16 bits per heavy atom. The molecule has 1 unspecified atom stereocenters. The van der Waals surface area contributed by atoms with Gasteiger partial charge in [0.15, 0.2) is 0 Å². The lowest BCUT2D eigenvalue weighted by Gasteiger charge is -2.19. The van der Waals surface area contributed by atoms with Crippen molar-refractivity contribution in [1.82, 2.24) is 14.9 Å². The van der Waals surface area contributed by atoms with Crippen molar-refractivity contribution >= 4 is 10.0 Å². The van der Waals surface area contributed by atoms with Crippen LogP contribution in [0.3, 0.4) is 0 Å². The summed E-state index contributed by atoms with van der Waals surface area (Å²) in [6.45, 7) is 9.19. The molecule has 8 heteroatoms. The van der Waals surface area contributed by atoms with Crippen LogP contribution >= 0.6 is 0 Å². The number of ether oxygens (including phenoxy) is 1. The predicted molar refractivity (Wildman–Crippen MR) is 94.0 cm³/mol. The van der Waals surface area contributed by atoms with E-state index in [1.807, 2.05) is 13.8 Å². The summed E-state index contributed by atoms with van der Waals surface area (Å²) in [6.07, 6.45) is 0.551. The minimum atomic E-state index is -3.76. The predicted octanol–water partition coefficient (Wildman–Crippen LogP) is 3.07. The van der Waals surface area contributed by atoms with Crippen LogP contribution in [-0.2, 0) is 10.0 Å². The van der Waals surface area contributed by atoms with Gasteiger partial charge in [-0.2, -0.15) is 4.72 Å². The maximum atomic E-state index is 13.0. The first-order valence-corrected chi connectivity index (χ1v) is 9.60. The van der Waals surface area contributed by atoms with Gasteiger partial charge in [-0.1, -0.05) is 13.8 Å². The molecule has 25 heavy (non-hydrogen) atoms. The fraction of sp³-hybridized carbons (Fsp3) is 0.529. The van der Waals surface area contributed by atoms with Crippen LogP contribution in [0.15, 0.2) is 21.4 Å². The van der Waals surface area contributed by atoms with Crippen LogP contribution in [0.4, 0.5) is 0 Å². The van der Waals surface area contributed by atoms with Crippen molar-refractivity contribution in [2.75, 3.05) is 7.11 Å². The summed E-state index contributed by atoms with van der Waals surface area (Å²) < 4.78 is 39.4. The molecule has 0 aliphatic heterocycles. The highest BCUT2D eigenvalue weighted by molar-refractivity contribution is 7.89. The fourth-order valence-corrected chi connectivity index (χ4v) is 4.48. The molecule has 1 aromatic carbocycles. The molecule has 1 heterocycles. The molecule has 0 saturated carbocycles. The molecule has 2 rings (SSSR count). The molecule has 0 aliphatic rings. The summed E-state index contributed by atoms with van der Waals surface area (Å²) in [7, 11) is -2.21. The minimum Gasteiger partial charge on any atom is -0.497 e. The number of benzene rings is 1. The summed E-state index contributed by atoms with van der Waals surface area (Å²) in [6, 6.07) is 2.83. The van der Waals surface area contributed by atoms with E-state index in [1.54, 1.807) is 40.0 Å². The highest BCUT2D eigenvalue weighted by Crippen LogP contribution is 2.28. The van der Waals surface area contributed by atoms with Crippen LogP contribution < -0.4 is 9.46 Å². The molecule has 0 amide bonds. The molecule has 0 spiro atoms. The monoisotopic (exact) mass is 367 g/mol. The smallest absolute Gasteiger partial charge is 0.241 e. The standard InChI is InChI=1S/C17H25N3O4S/c1-10(2)7-15(17-19-18-13(5)24-17)20-25(21,22)16-11(3)8-14(23-6)9-12(16)4/h8-10,15,20H,7H2,1-6H3. The van der Waals surface area contributed by atoms with Crippen molar-refractivity contribution in [3.05, 3.63) is 35.0 Å². The second-order valence-corrected chi connectivity index (χ2v) is 8.20. The van der Waals surface area contributed by atoms with E-state index < -0.39 is 16.1 Å². The molecular weight excluding hydrogens is 342 g/mol. The van der Waals surface area contributed by atoms with Crippen molar-refractivity contribution in [3.63, 3.8) is 0 Å². The van der Waals surface area contributed by atoms with E-state index in [1.165, 1.54) is 0 Å². The van der Waals surface area contributed by atoms with Crippen LogP contribution in [0.25, 0.3) is 0 Å². The third-order valence-corrected chi connectivity index (χ3v) is 5.56. The zero-order valence-electron chi connectivity index (χ0n) is 15.5. The van der Waals surface area contributed by atoms with Gasteiger partial charge in [0.2, 0.25) is 21.8 Å². The number of sulfonamides is 1. The Balaban J connectivity index is 2.41. The number of hydrogen-bond donors (Lipinski definition) is 1.